The summed E-state index contributed by atoms with van der Waals surface area (Å²) in [6.45, 7) is 6.14. The third kappa shape index (κ3) is 8.67. The van der Waals surface area contributed by atoms with Crippen LogP contribution in [0.2, 0.25) is 0 Å². The van der Waals surface area contributed by atoms with Crippen LogP contribution in [0.1, 0.15) is 40.0 Å². The molecule has 3 nitrogen and oxygen atoms in total. The first-order valence-electron chi connectivity index (χ1n) is 6.02. The van der Waals surface area contributed by atoms with Crippen molar-refractivity contribution < 1.29 is 62.5 Å². The minimum absolute atomic E-state index is 0. The number of halogens is 2. The van der Waals surface area contributed by atoms with E-state index in [1.807, 2.05) is 13.2 Å². The topological polar surface area (TPSA) is 59.2 Å². The number of nitrogens with one attached hydrogen (secondary N) is 1. The summed E-state index contributed by atoms with van der Waals surface area (Å²) in [4.78, 5) is 9.83. The Kier molecular flexibility index (Phi) is 10.5. The molecule has 0 aromatic heterocycles. The van der Waals surface area contributed by atoms with Crippen LogP contribution < -0.4 is 25.0 Å². The molecule has 1 fully saturated rings. The number of alkyl halides is 2. The van der Waals surface area contributed by atoms with Crippen molar-refractivity contribution in [3.63, 3.8) is 0 Å². The second-order valence-electron chi connectivity index (χ2n) is 4.99. The Balaban J connectivity index is 0.000000352. The SMILES string of the molecule is CCC1=C[C-](C)CC(C)(O)C1.O=[C-]C(I)C1N[I-]1.[U+2]. The molecule has 0 spiro atoms. The normalized spacial score (nSPS) is 30.7. The average molecular weight is 714 g/mol. The van der Waals surface area contributed by atoms with Gasteiger partial charge in [-0.25, -0.2) is 17.6 Å². The molecule has 6 heteroatoms. The first-order chi connectivity index (χ1) is 8.38. The van der Waals surface area contributed by atoms with Gasteiger partial charge in [0, 0.05) is 5.60 Å². The third-order valence-electron chi connectivity index (χ3n) is 2.78. The van der Waals surface area contributed by atoms with E-state index in [9.17, 15) is 9.90 Å². The molecule has 0 aromatic rings. The summed E-state index contributed by atoms with van der Waals surface area (Å²) in [6, 6.07) is 0. The van der Waals surface area contributed by atoms with Crippen LogP contribution in [0.4, 0.5) is 0 Å². The Labute approximate surface area is 164 Å². The van der Waals surface area contributed by atoms with Crippen molar-refractivity contribution in [2.24, 2.45) is 0 Å². The van der Waals surface area contributed by atoms with Gasteiger partial charge in [0.2, 0.25) is 0 Å². The Bertz CT molecular complexity index is 320. The number of aliphatic hydroxyl groups is 1. The maximum atomic E-state index is 9.83. The van der Waals surface area contributed by atoms with E-state index in [-0.39, 0.29) is 56.5 Å². The molecule has 1 aliphatic heterocycles. The molecule has 2 N–H and O–H groups in total. The molecule has 1 saturated heterocycles. The van der Waals surface area contributed by atoms with E-state index in [2.05, 4.69) is 46.0 Å². The zero-order valence-electron chi connectivity index (χ0n) is 11.5. The van der Waals surface area contributed by atoms with Crippen molar-refractivity contribution in [2.45, 2.75) is 53.6 Å². The molecule has 19 heavy (non-hydrogen) atoms. The second kappa shape index (κ2) is 9.67. The molecular formula is C13H20I2NO2U-. The predicted octanol–water partition coefficient (Wildman–Crippen LogP) is -0.705. The maximum Gasteiger partial charge on any atom is 2.00 e. The van der Waals surface area contributed by atoms with Crippen LogP contribution in [0.15, 0.2) is 11.6 Å². The van der Waals surface area contributed by atoms with Crippen molar-refractivity contribution >= 4 is 28.9 Å². The van der Waals surface area contributed by atoms with Gasteiger partial charge < -0.3 is 5.11 Å². The number of rotatable bonds is 3. The summed E-state index contributed by atoms with van der Waals surface area (Å²) < 4.78 is 3.78. The third-order valence-corrected chi connectivity index (χ3v) is 7.19. The van der Waals surface area contributed by atoms with Gasteiger partial charge in [-0.1, -0.05) is 19.8 Å². The van der Waals surface area contributed by atoms with Crippen LogP contribution in [0.25, 0.3) is 0 Å². The van der Waals surface area contributed by atoms with Gasteiger partial charge in [0.25, 0.3) is 0 Å². The Morgan fingerprint density at radius 2 is 2.37 bits per heavy atom. The van der Waals surface area contributed by atoms with Gasteiger partial charge in [0.1, 0.15) is 0 Å². The van der Waals surface area contributed by atoms with Crippen molar-refractivity contribution in [3.05, 3.63) is 17.6 Å². The summed E-state index contributed by atoms with van der Waals surface area (Å²) in [7, 11) is 0. The van der Waals surface area contributed by atoms with E-state index in [1.165, 1.54) is 11.5 Å². The fourth-order valence-electron chi connectivity index (χ4n) is 2.04. The molecule has 1 aliphatic carbocycles. The number of allylic oxidation sites excluding steroid dienone is 1. The molecule has 0 radical (unpaired) electrons. The first-order valence-corrected chi connectivity index (χ1v) is 9.59. The summed E-state index contributed by atoms with van der Waals surface area (Å²) >= 11 is 2.31. The molecule has 3 unspecified atom stereocenters. The molecule has 2 rings (SSSR count). The van der Waals surface area contributed by atoms with Crippen molar-refractivity contribution in [1.82, 2.24) is 3.53 Å². The monoisotopic (exact) mass is 714 g/mol. The molecule has 0 saturated carbocycles. The number of hydrogen-bond acceptors (Lipinski definition) is 3. The van der Waals surface area contributed by atoms with E-state index in [4.69, 9.17) is 0 Å². The molecule has 0 amide bonds. The van der Waals surface area contributed by atoms with Crippen LogP contribution in [0.3, 0.4) is 0 Å². The molecule has 2 aliphatic rings. The second-order valence-corrected chi connectivity index (χ2v) is 8.92. The maximum absolute atomic E-state index is 9.83. The van der Waals surface area contributed by atoms with Crippen LogP contribution in [-0.2, 0) is 4.79 Å². The van der Waals surface area contributed by atoms with E-state index < -0.39 is 5.60 Å². The largest absolute Gasteiger partial charge is 2.00 e. The predicted molar refractivity (Wildman–Crippen MR) is 77.6 cm³/mol. The summed E-state index contributed by atoms with van der Waals surface area (Å²) in [6.07, 6.45) is 6.89. The van der Waals surface area contributed by atoms with Gasteiger partial charge in [-0.15, -0.1) is 13.3 Å². The quantitative estimate of drug-likeness (QED) is 0.102. The zero-order chi connectivity index (χ0) is 13.8. The van der Waals surface area contributed by atoms with Crippen molar-refractivity contribution in [3.8, 4) is 0 Å². The van der Waals surface area contributed by atoms with Gasteiger partial charge in [-0.3, -0.25) is 0 Å². The van der Waals surface area contributed by atoms with Gasteiger partial charge >= 0.3 is 97.8 Å². The van der Waals surface area contributed by atoms with Gasteiger partial charge in [-0.05, 0) is 6.92 Å². The molecule has 0 bridgehead atoms. The van der Waals surface area contributed by atoms with Crippen LogP contribution in [0.5, 0.6) is 0 Å². The number of hydrogen-bond donors (Lipinski definition) is 2. The van der Waals surface area contributed by atoms with E-state index in [0.717, 1.165) is 19.3 Å². The van der Waals surface area contributed by atoms with E-state index in [1.54, 1.807) is 0 Å². The molecule has 0 aromatic carbocycles. The van der Waals surface area contributed by atoms with Crippen molar-refractivity contribution in [1.29, 1.82) is 0 Å². The van der Waals surface area contributed by atoms with Gasteiger partial charge in [0.15, 0.2) is 0 Å². The Hall–Kier alpha value is 1.71. The first kappa shape index (κ1) is 20.7. The van der Waals surface area contributed by atoms with Gasteiger partial charge in [0.05, 0.1) is 0 Å². The van der Waals surface area contributed by atoms with E-state index in [0.29, 0.717) is 4.05 Å². The minimum Gasteiger partial charge on any atom is 2.00 e. The van der Waals surface area contributed by atoms with Crippen molar-refractivity contribution in [2.75, 3.05) is 0 Å². The fraction of sp³-hybridized carbons (Fsp3) is 0.692. The molecule has 3 atom stereocenters. The van der Waals surface area contributed by atoms with E-state index >= 15 is 0 Å². The Morgan fingerprint density at radius 1 is 1.79 bits per heavy atom. The Morgan fingerprint density at radius 3 is 2.68 bits per heavy atom. The number of carbonyl (C=O) groups excluding carboxylic acids is 1. The molecule has 1 heterocycles. The fourth-order valence-corrected chi connectivity index (χ4v) is 4.85. The smallest absolute Gasteiger partial charge is 2.00 e. The van der Waals surface area contributed by atoms with Crippen LogP contribution in [-0.4, -0.2) is 25.0 Å². The van der Waals surface area contributed by atoms with Gasteiger partial charge in [-0.2, -0.15) is 0 Å². The average Bonchev–Trinajstić information content (AvgIpc) is 3.10. The van der Waals surface area contributed by atoms with Crippen LogP contribution >= 0.6 is 22.6 Å². The summed E-state index contributed by atoms with van der Waals surface area (Å²) in [5.74, 6) is 1.30. The minimum atomic E-state index is -0.482. The van der Waals surface area contributed by atoms with Crippen LogP contribution in [0, 0.1) is 37.0 Å². The zero-order valence-corrected chi connectivity index (χ0v) is 19.9. The summed E-state index contributed by atoms with van der Waals surface area (Å²) in [5.41, 5.74) is 0.892. The molecular weight excluding hydrogens is 694 g/mol. The standard InChI is InChI=1S/C10H17O.C3H3I2NO.U/c1-4-9-5-8(2)6-10(3,11)7-9;4-2(1-7)3-5-6-3;/h5,11H,4,6-7H2,1-3H3;2-3,6H;/q-1;-2;+2. The molecule has 108 valence electrons. The summed E-state index contributed by atoms with van der Waals surface area (Å²) in [5, 5.41) is 9.78.